The molecule has 8 heteroatoms. The summed E-state index contributed by atoms with van der Waals surface area (Å²) in [6, 6.07) is 1.06. The number of aromatic nitrogens is 1. The van der Waals surface area contributed by atoms with Crippen molar-refractivity contribution in [2.45, 2.75) is 19.8 Å². The Hall–Kier alpha value is -2.12. The molecule has 0 bridgehead atoms. The van der Waals surface area contributed by atoms with Crippen molar-refractivity contribution in [2.75, 3.05) is 0 Å². The minimum Gasteiger partial charge on any atom is -0.481 e. The zero-order chi connectivity index (χ0) is 13.2. The van der Waals surface area contributed by atoms with E-state index in [4.69, 9.17) is 5.11 Å². The van der Waals surface area contributed by atoms with E-state index in [0.717, 1.165) is 6.07 Å². The fraction of sp³-hybridized carbons (Fsp3) is 0.333. The Labute approximate surface area is 94.1 Å². The van der Waals surface area contributed by atoms with Gasteiger partial charge in [-0.05, 0) is 22.9 Å². The summed E-state index contributed by atoms with van der Waals surface area (Å²) in [6.45, 7) is 1.31. The Balaban J connectivity index is 3.35. The summed E-state index contributed by atoms with van der Waals surface area (Å²) in [4.78, 5) is 23.3. The largest absolute Gasteiger partial charge is 0.481 e. The molecule has 1 N–H and O–H groups in total. The molecule has 0 radical (unpaired) electrons. The molecular formula is C9H8F2N2O4. The lowest BCUT2D eigenvalue weighted by Crippen LogP contribution is -2.09. The van der Waals surface area contributed by atoms with E-state index in [2.05, 4.69) is 4.98 Å². The average molecular weight is 246 g/mol. The van der Waals surface area contributed by atoms with Gasteiger partial charge in [0.1, 0.15) is 0 Å². The van der Waals surface area contributed by atoms with Crippen molar-refractivity contribution in [1.82, 2.24) is 4.98 Å². The summed E-state index contributed by atoms with van der Waals surface area (Å²) in [5.41, 5.74) is -1.02. The number of carboxylic acids is 1. The molecular weight excluding hydrogens is 238 g/mol. The Morgan fingerprint density at radius 1 is 1.65 bits per heavy atom. The van der Waals surface area contributed by atoms with E-state index in [1.807, 2.05) is 0 Å². The summed E-state index contributed by atoms with van der Waals surface area (Å²) in [7, 11) is 0. The first kappa shape index (κ1) is 12.9. The van der Waals surface area contributed by atoms with Gasteiger partial charge in [0.25, 0.3) is 0 Å². The molecule has 0 aliphatic heterocycles. The van der Waals surface area contributed by atoms with E-state index in [1.54, 1.807) is 0 Å². The van der Waals surface area contributed by atoms with Crippen LogP contribution in [-0.2, 0) is 11.2 Å². The van der Waals surface area contributed by atoms with Crippen LogP contribution in [0.5, 0.6) is 0 Å². The van der Waals surface area contributed by atoms with E-state index in [0.29, 0.717) is 0 Å². The number of rotatable bonds is 4. The van der Waals surface area contributed by atoms with Gasteiger partial charge in [-0.25, -0.2) is 8.78 Å². The van der Waals surface area contributed by atoms with Crippen LogP contribution in [0.2, 0.25) is 0 Å². The first-order valence-corrected chi connectivity index (χ1v) is 4.47. The molecule has 0 aromatic carbocycles. The van der Waals surface area contributed by atoms with Crippen LogP contribution < -0.4 is 0 Å². The zero-order valence-electron chi connectivity index (χ0n) is 8.68. The standard InChI is InChI=1S/C9H8F2N2O4/c1-4-2-5(3-6(14)15)7(8(10)11)12-9(4)13(16)17/h2,8H,3H2,1H3,(H,14,15). The minimum absolute atomic E-state index is 0.0515. The number of carboxylic acid groups (broad SMARTS) is 1. The molecule has 0 unspecified atom stereocenters. The van der Waals surface area contributed by atoms with Gasteiger partial charge in [0.15, 0.2) is 0 Å². The Kier molecular flexibility index (Phi) is 3.66. The zero-order valence-corrected chi connectivity index (χ0v) is 8.68. The number of nitrogens with zero attached hydrogens (tertiary/aromatic N) is 2. The van der Waals surface area contributed by atoms with E-state index in [-0.39, 0.29) is 11.1 Å². The Bertz CT molecular complexity index is 476. The van der Waals surface area contributed by atoms with Crippen molar-refractivity contribution in [1.29, 1.82) is 0 Å². The number of hydrogen-bond acceptors (Lipinski definition) is 4. The number of hydrogen-bond donors (Lipinski definition) is 1. The molecule has 0 fully saturated rings. The topological polar surface area (TPSA) is 93.3 Å². The van der Waals surface area contributed by atoms with Crippen LogP contribution in [0.4, 0.5) is 14.6 Å². The molecule has 0 saturated carbocycles. The number of pyridine rings is 1. The SMILES string of the molecule is Cc1cc(CC(=O)O)c(C(F)F)nc1[N+](=O)[O-]. The van der Waals surface area contributed by atoms with Gasteiger partial charge in [-0.15, -0.1) is 0 Å². The van der Waals surface area contributed by atoms with E-state index < -0.39 is 35.3 Å². The lowest BCUT2D eigenvalue weighted by atomic mass is 10.1. The number of carbonyl (C=O) groups is 1. The molecule has 0 spiro atoms. The van der Waals surface area contributed by atoms with Crippen LogP contribution in [0.15, 0.2) is 6.07 Å². The maximum Gasteiger partial charge on any atom is 0.366 e. The second-order valence-electron chi connectivity index (χ2n) is 3.30. The number of alkyl halides is 2. The lowest BCUT2D eigenvalue weighted by molar-refractivity contribution is -0.390. The van der Waals surface area contributed by atoms with E-state index >= 15 is 0 Å². The normalized spacial score (nSPS) is 10.6. The van der Waals surface area contributed by atoms with Crippen molar-refractivity contribution in [3.05, 3.63) is 33.0 Å². The molecule has 1 aromatic rings. The summed E-state index contributed by atoms with van der Waals surface area (Å²) in [6.07, 6.45) is -3.70. The number of halogens is 2. The molecule has 92 valence electrons. The van der Waals surface area contributed by atoms with Crippen molar-refractivity contribution in [2.24, 2.45) is 0 Å². The Morgan fingerprint density at radius 3 is 2.65 bits per heavy atom. The molecule has 0 aliphatic rings. The van der Waals surface area contributed by atoms with Crippen molar-refractivity contribution in [3.63, 3.8) is 0 Å². The van der Waals surface area contributed by atoms with Crippen molar-refractivity contribution >= 4 is 11.8 Å². The maximum absolute atomic E-state index is 12.6. The van der Waals surface area contributed by atoms with Gasteiger partial charge in [0.05, 0.1) is 6.42 Å². The third kappa shape index (κ3) is 2.92. The molecule has 1 rings (SSSR count). The predicted octanol–water partition coefficient (Wildman–Crippen LogP) is 1.86. The van der Waals surface area contributed by atoms with Gasteiger partial charge in [-0.2, -0.15) is 0 Å². The summed E-state index contributed by atoms with van der Waals surface area (Å²) in [5.74, 6) is -1.99. The number of aryl methyl sites for hydroxylation is 1. The van der Waals surface area contributed by atoms with Gasteiger partial charge >= 0.3 is 18.2 Å². The number of aliphatic carboxylic acids is 1. The maximum atomic E-state index is 12.6. The third-order valence-corrected chi connectivity index (χ3v) is 2.02. The second-order valence-corrected chi connectivity index (χ2v) is 3.30. The van der Waals surface area contributed by atoms with Gasteiger partial charge < -0.3 is 15.2 Å². The van der Waals surface area contributed by atoms with Crippen LogP contribution in [-0.4, -0.2) is 21.0 Å². The average Bonchev–Trinajstić information content (AvgIpc) is 2.15. The minimum atomic E-state index is -3.05. The summed E-state index contributed by atoms with van der Waals surface area (Å²) < 4.78 is 25.2. The first-order valence-electron chi connectivity index (χ1n) is 4.47. The highest BCUT2D eigenvalue weighted by Gasteiger charge is 2.26. The quantitative estimate of drug-likeness (QED) is 0.646. The van der Waals surface area contributed by atoms with Crippen LogP contribution >= 0.6 is 0 Å². The second kappa shape index (κ2) is 4.81. The molecule has 1 heterocycles. The number of nitro groups is 1. The first-order chi connectivity index (χ1) is 7.82. The summed E-state index contributed by atoms with van der Waals surface area (Å²) in [5, 5.41) is 19.0. The molecule has 1 aromatic heterocycles. The van der Waals surface area contributed by atoms with Gasteiger partial charge in [0.2, 0.25) is 5.69 Å². The fourth-order valence-electron chi connectivity index (χ4n) is 1.35. The van der Waals surface area contributed by atoms with E-state index in [9.17, 15) is 23.7 Å². The molecule has 17 heavy (non-hydrogen) atoms. The van der Waals surface area contributed by atoms with Crippen LogP contribution in [0.1, 0.15) is 23.2 Å². The van der Waals surface area contributed by atoms with Crippen molar-refractivity contribution < 1.29 is 23.6 Å². The highest BCUT2D eigenvalue weighted by molar-refractivity contribution is 5.70. The van der Waals surface area contributed by atoms with Crippen LogP contribution in [0.25, 0.3) is 0 Å². The van der Waals surface area contributed by atoms with Crippen LogP contribution in [0, 0.1) is 17.0 Å². The highest BCUT2D eigenvalue weighted by Crippen LogP contribution is 2.26. The molecule has 6 nitrogen and oxygen atoms in total. The molecule has 0 saturated heterocycles. The predicted molar refractivity (Wildman–Crippen MR) is 51.9 cm³/mol. The summed E-state index contributed by atoms with van der Waals surface area (Å²) >= 11 is 0. The van der Waals surface area contributed by atoms with Crippen LogP contribution in [0.3, 0.4) is 0 Å². The third-order valence-electron chi connectivity index (χ3n) is 2.02. The van der Waals surface area contributed by atoms with Gasteiger partial charge in [-0.3, -0.25) is 4.79 Å². The van der Waals surface area contributed by atoms with Gasteiger partial charge in [0, 0.05) is 11.1 Å². The fourth-order valence-corrected chi connectivity index (χ4v) is 1.35. The lowest BCUT2D eigenvalue weighted by Gasteiger charge is -2.04. The Morgan fingerprint density at radius 2 is 2.24 bits per heavy atom. The van der Waals surface area contributed by atoms with E-state index in [1.165, 1.54) is 6.92 Å². The molecule has 0 amide bonds. The highest BCUT2D eigenvalue weighted by atomic mass is 19.3. The smallest absolute Gasteiger partial charge is 0.366 e. The molecule has 0 atom stereocenters. The monoisotopic (exact) mass is 246 g/mol. The molecule has 0 aliphatic carbocycles. The van der Waals surface area contributed by atoms with Crippen molar-refractivity contribution in [3.8, 4) is 0 Å². The van der Waals surface area contributed by atoms with Gasteiger partial charge in [-0.1, -0.05) is 0 Å².